The van der Waals surface area contributed by atoms with Crippen LogP contribution in [0.25, 0.3) is 0 Å². The summed E-state index contributed by atoms with van der Waals surface area (Å²) in [4.78, 5) is 14.4. The summed E-state index contributed by atoms with van der Waals surface area (Å²) in [7, 11) is 0. The standard InChI is InChI=1S/C16H25N3O2/c1-13-9-17-18(10-13)11-14-5-4-8-19(14)16(20)12-21-15-6-2-3-7-15/h9-10,14-15H,2-8,11-12H2,1H3/t14-/m1/s1. The molecule has 1 atom stereocenters. The number of amides is 1. The third kappa shape index (κ3) is 3.64. The molecule has 0 unspecified atom stereocenters. The molecule has 5 nitrogen and oxygen atoms in total. The molecule has 1 aliphatic carbocycles. The van der Waals surface area contributed by atoms with Crippen molar-refractivity contribution in [3.63, 3.8) is 0 Å². The molecule has 2 aliphatic rings. The first-order chi connectivity index (χ1) is 10.2. The van der Waals surface area contributed by atoms with Gasteiger partial charge in [0.2, 0.25) is 5.91 Å². The van der Waals surface area contributed by atoms with Crippen molar-refractivity contribution in [3.05, 3.63) is 18.0 Å². The quantitative estimate of drug-likeness (QED) is 0.835. The van der Waals surface area contributed by atoms with E-state index in [2.05, 4.69) is 5.10 Å². The minimum atomic E-state index is 0.147. The lowest BCUT2D eigenvalue weighted by atomic mass is 10.2. The number of aromatic nitrogens is 2. The lowest BCUT2D eigenvalue weighted by Crippen LogP contribution is -2.40. The van der Waals surface area contributed by atoms with Crippen LogP contribution in [0.3, 0.4) is 0 Å². The molecule has 2 heterocycles. The summed E-state index contributed by atoms with van der Waals surface area (Å²) in [6, 6.07) is 0.268. The van der Waals surface area contributed by atoms with E-state index in [0.717, 1.165) is 44.3 Å². The zero-order chi connectivity index (χ0) is 14.7. The molecular weight excluding hydrogens is 266 g/mol. The van der Waals surface area contributed by atoms with Gasteiger partial charge in [0.25, 0.3) is 0 Å². The third-order valence-electron chi connectivity index (χ3n) is 4.60. The van der Waals surface area contributed by atoms with Crippen LogP contribution in [0.1, 0.15) is 44.1 Å². The van der Waals surface area contributed by atoms with Crippen molar-refractivity contribution in [1.29, 1.82) is 0 Å². The molecule has 1 saturated heterocycles. The number of hydrogen-bond donors (Lipinski definition) is 0. The van der Waals surface area contributed by atoms with Gasteiger partial charge < -0.3 is 9.64 Å². The molecular formula is C16H25N3O2. The summed E-state index contributed by atoms with van der Waals surface area (Å²) in [5, 5.41) is 4.33. The molecule has 116 valence electrons. The van der Waals surface area contributed by atoms with Crippen molar-refractivity contribution >= 4 is 5.91 Å². The van der Waals surface area contributed by atoms with E-state index in [1.807, 2.05) is 28.9 Å². The summed E-state index contributed by atoms with van der Waals surface area (Å²) in [6.07, 6.45) is 11.1. The Balaban J connectivity index is 1.51. The topological polar surface area (TPSA) is 47.4 Å². The van der Waals surface area contributed by atoms with E-state index < -0.39 is 0 Å². The molecule has 5 heteroatoms. The van der Waals surface area contributed by atoms with Crippen LogP contribution in [0.5, 0.6) is 0 Å². The van der Waals surface area contributed by atoms with Crippen LogP contribution in [-0.4, -0.2) is 45.9 Å². The lowest BCUT2D eigenvalue weighted by molar-refractivity contribution is -0.139. The molecule has 0 aromatic carbocycles. The van der Waals surface area contributed by atoms with E-state index >= 15 is 0 Å². The van der Waals surface area contributed by atoms with Crippen molar-refractivity contribution in [2.24, 2.45) is 0 Å². The molecule has 1 aromatic rings. The number of carbonyl (C=O) groups is 1. The highest BCUT2D eigenvalue weighted by Crippen LogP contribution is 2.22. The first-order valence-corrected chi connectivity index (χ1v) is 8.12. The number of rotatable bonds is 5. The summed E-state index contributed by atoms with van der Waals surface area (Å²) in [5.74, 6) is 0.147. The van der Waals surface area contributed by atoms with E-state index in [0.29, 0.717) is 6.10 Å². The Morgan fingerprint density at radius 3 is 2.86 bits per heavy atom. The fourth-order valence-electron chi connectivity index (χ4n) is 3.46. The maximum absolute atomic E-state index is 12.4. The fraction of sp³-hybridized carbons (Fsp3) is 0.750. The average molecular weight is 291 g/mol. The molecule has 2 fully saturated rings. The molecule has 0 radical (unpaired) electrons. The van der Waals surface area contributed by atoms with E-state index in [-0.39, 0.29) is 18.6 Å². The zero-order valence-electron chi connectivity index (χ0n) is 12.8. The third-order valence-corrected chi connectivity index (χ3v) is 4.60. The second kappa shape index (κ2) is 6.60. The second-order valence-corrected chi connectivity index (χ2v) is 6.34. The smallest absolute Gasteiger partial charge is 0.248 e. The number of likely N-dealkylation sites (tertiary alicyclic amines) is 1. The van der Waals surface area contributed by atoms with Crippen molar-refractivity contribution in [2.45, 2.75) is 64.1 Å². The van der Waals surface area contributed by atoms with Crippen LogP contribution in [0, 0.1) is 6.92 Å². The SMILES string of the molecule is Cc1cnn(C[C@H]2CCCN2C(=O)COC2CCCC2)c1. The molecule has 1 aromatic heterocycles. The molecule has 1 saturated carbocycles. The summed E-state index contributed by atoms with van der Waals surface area (Å²) >= 11 is 0. The Morgan fingerprint density at radius 1 is 1.33 bits per heavy atom. The first kappa shape index (κ1) is 14.6. The Hall–Kier alpha value is -1.36. The van der Waals surface area contributed by atoms with Gasteiger partial charge in [-0.15, -0.1) is 0 Å². The number of nitrogens with zero attached hydrogens (tertiary/aromatic N) is 3. The van der Waals surface area contributed by atoms with Crippen LogP contribution in [0.15, 0.2) is 12.4 Å². The average Bonchev–Trinajstić information content (AvgIpc) is 3.19. The highest BCUT2D eigenvalue weighted by atomic mass is 16.5. The number of carbonyl (C=O) groups excluding carboxylic acids is 1. The van der Waals surface area contributed by atoms with Crippen LogP contribution in [0.4, 0.5) is 0 Å². The van der Waals surface area contributed by atoms with Gasteiger partial charge in [0.05, 0.1) is 24.9 Å². The molecule has 1 amide bonds. The Labute approximate surface area is 126 Å². The van der Waals surface area contributed by atoms with E-state index in [1.165, 1.54) is 12.8 Å². The van der Waals surface area contributed by atoms with Gasteiger partial charge in [-0.1, -0.05) is 12.8 Å². The zero-order valence-corrected chi connectivity index (χ0v) is 12.8. The molecule has 0 bridgehead atoms. The van der Waals surface area contributed by atoms with Gasteiger partial charge in [-0.2, -0.15) is 5.10 Å². The van der Waals surface area contributed by atoms with Crippen molar-refractivity contribution in [3.8, 4) is 0 Å². The van der Waals surface area contributed by atoms with Gasteiger partial charge in [0.15, 0.2) is 0 Å². The summed E-state index contributed by atoms with van der Waals surface area (Å²) in [6.45, 7) is 3.94. The molecule has 21 heavy (non-hydrogen) atoms. The minimum Gasteiger partial charge on any atom is -0.368 e. The monoisotopic (exact) mass is 291 g/mol. The van der Waals surface area contributed by atoms with E-state index in [4.69, 9.17) is 4.74 Å². The molecule has 1 aliphatic heterocycles. The number of aryl methyl sites for hydroxylation is 1. The first-order valence-electron chi connectivity index (χ1n) is 8.12. The van der Waals surface area contributed by atoms with Crippen LogP contribution >= 0.6 is 0 Å². The van der Waals surface area contributed by atoms with Gasteiger partial charge in [-0.05, 0) is 38.2 Å². The largest absolute Gasteiger partial charge is 0.368 e. The predicted molar refractivity (Wildman–Crippen MR) is 79.9 cm³/mol. The molecule has 3 rings (SSSR count). The van der Waals surface area contributed by atoms with Crippen molar-refractivity contribution < 1.29 is 9.53 Å². The summed E-state index contributed by atoms with van der Waals surface area (Å²) in [5.41, 5.74) is 1.16. The van der Waals surface area contributed by atoms with Gasteiger partial charge in [0.1, 0.15) is 6.61 Å². The highest BCUT2D eigenvalue weighted by molar-refractivity contribution is 5.78. The van der Waals surface area contributed by atoms with Gasteiger partial charge in [-0.3, -0.25) is 9.48 Å². The van der Waals surface area contributed by atoms with Crippen molar-refractivity contribution in [1.82, 2.24) is 14.7 Å². The lowest BCUT2D eigenvalue weighted by Gasteiger charge is -2.25. The van der Waals surface area contributed by atoms with Gasteiger partial charge in [-0.25, -0.2) is 0 Å². The van der Waals surface area contributed by atoms with Crippen molar-refractivity contribution in [2.75, 3.05) is 13.2 Å². The number of ether oxygens (including phenoxy) is 1. The second-order valence-electron chi connectivity index (χ2n) is 6.34. The van der Waals surface area contributed by atoms with E-state index in [1.54, 1.807) is 0 Å². The highest BCUT2D eigenvalue weighted by Gasteiger charge is 2.29. The summed E-state index contributed by atoms with van der Waals surface area (Å²) < 4.78 is 7.71. The Kier molecular flexibility index (Phi) is 4.58. The maximum atomic E-state index is 12.4. The van der Waals surface area contributed by atoms with Crippen LogP contribution in [0.2, 0.25) is 0 Å². The normalized spacial score (nSPS) is 23.1. The van der Waals surface area contributed by atoms with Crippen LogP contribution < -0.4 is 0 Å². The Morgan fingerprint density at radius 2 is 2.14 bits per heavy atom. The fourth-order valence-corrected chi connectivity index (χ4v) is 3.46. The Bertz CT molecular complexity index is 480. The van der Waals surface area contributed by atoms with Crippen LogP contribution in [-0.2, 0) is 16.1 Å². The predicted octanol–water partition coefficient (Wildman–Crippen LogP) is 2.14. The molecule has 0 N–H and O–H groups in total. The number of hydrogen-bond acceptors (Lipinski definition) is 3. The maximum Gasteiger partial charge on any atom is 0.248 e. The van der Waals surface area contributed by atoms with Gasteiger partial charge in [0, 0.05) is 12.7 Å². The minimum absolute atomic E-state index is 0.147. The molecule has 0 spiro atoms. The van der Waals surface area contributed by atoms with E-state index in [9.17, 15) is 4.79 Å². The van der Waals surface area contributed by atoms with Gasteiger partial charge >= 0.3 is 0 Å².